The third-order valence-corrected chi connectivity index (χ3v) is 2.71. The molecule has 1 heterocycles. The van der Waals surface area contributed by atoms with Crippen LogP contribution in [-0.4, -0.2) is 38.3 Å². The number of amides is 1. The quantitative estimate of drug-likeness (QED) is 0.732. The number of hydrogen-bond acceptors (Lipinski definition) is 6. The molecule has 0 aliphatic rings. The largest absolute Gasteiger partial charge is 0.508 e. The summed E-state index contributed by atoms with van der Waals surface area (Å²) in [6.45, 7) is 1.52. The monoisotopic (exact) mass is 291 g/mol. The summed E-state index contributed by atoms with van der Waals surface area (Å²) in [5.74, 6) is -1.83. The van der Waals surface area contributed by atoms with E-state index in [1.165, 1.54) is 19.1 Å². The summed E-state index contributed by atoms with van der Waals surface area (Å²) >= 11 is 0. The van der Waals surface area contributed by atoms with Crippen molar-refractivity contribution in [1.29, 1.82) is 0 Å². The maximum Gasteiger partial charge on any atom is 0.326 e. The molecule has 8 nitrogen and oxygen atoms in total. The minimum atomic E-state index is -1.18. The number of aryl methyl sites for hydroxylation is 1. The van der Waals surface area contributed by atoms with Crippen LogP contribution >= 0.6 is 0 Å². The van der Waals surface area contributed by atoms with Crippen molar-refractivity contribution < 1.29 is 24.3 Å². The topological polar surface area (TPSA) is 126 Å². The Morgan fingerprint density at radius 2 is 2.00 bits per heavy atom. The van der Waals surface area contributed by atoms with Gasteiger partial charge in [-0.15, -0.1) is 0 Å². The number of carbonyl (C=O) groups is 2. The average molecular weight is 291 g/mol. The second-order valence-corrected chi connectivity index (χ2v) is 4.37. The second-order valence-electron chi connectivity index (χ2n) is 4.37. The van der Waals surface area contributed by atoms with E-state index in [1.54, 1.807) is 12.1 Å². The standard InChI is InChI=1S/C13H13N3O5/c1-7-14-11(16-21-7)12(18)15-10(13(19)20)6-8-2-4-9(17)5-3-8/h2-5,10,17H,6H2,1H3,(H,15,18)(H,19,20). The first-order valence-electron chi connectivity index (χ1n) is 6.07. The van der Waals surface area contributed by atoms with Gasteiger partial charge in [0, 0.05) is 13.3 Å². The van der Waals surface area contributed by atoms with Crippen LogP contribution in [-0.2, 0) is 11.2 Å². The molecule has 1 aromatic carbocycles. The van der Waals surface area contributed by atoms with E-state index in [0.29, 0.717) is 5.56 Å². The molecule has 0 saturated carbocycles. The van der Waals surface area contributed by atoms with E-state index in [9.17, 15) is 14.7 Å². The number of rotatable bonds is 5. The van der Waals surface area contributed by atoms with Crippen molar-refractivity contribution in [3.63, 3.8) is 0 Å². The summed E-state index contributed by atoms with van der Waals surface area (Å²) in [4.78, 5) is 26.8. The first-order chi connectivity index (χ1) is 9.95. The minimum absolute atomic E-state index is 0.0676. The Balaban J connectivity index is 2.07. The molecule has 0 aliphatic heterocycles. The van der Waals surface area contributed by atoms with Gasteiger partial charge in [-0.1, -0.05) is 17.3 Å². The van der Waals surface area contributed by atoms with Gasteiger partial charge in [-0.2, -0.15) is 4.98 Å². The third-order valence-electron chi connectivity index (χ3n) is 2.71. The molecule has 1 amide bonds. The predicted molar refractivity (Wildman–Crippen MR) is 69.7 cm³/mol. The Kier molecular flexibility index (Phi) is 4.17. The molecule has 21 heavy (non-hydrogen) atoms. The van der Waals surface area contributed by atoms with Crippen LogP contribution in [0.5, 0.6) is 5.75 Å². The maximum atomic E-state index is 11.8. The van der Waals surface area contributed by atoms with E-state index < -0.39 is 17.9 Å². The van der Waals surface area contributed by atoms with Gasteiger partial charge < -0.3 is 20.1 Å². The van der Waals surface area contributed by atoms with Gasteiger partial charge in [0.1, 0.15) is 11.8 Å². The number of carboxylic acids is 1. The summed E-state index contributed by atoms with van der Waals surface area (Å²) in [5, 5.41) is 24.1. The van der Waals surface area contributed by atoms with Gasteiger partial charge in [-0.05, 0) is 17.7 Å². The highest BCUT2D eigenvalue weighted by Crippen LogP contribution is 2.11. The molecule has 110 valence electrons. The Bertz CT molecular complexity index is 650. The number of aromatic nitrogens is 2. The molecule has 0 radical (unpaired) electrons. The van der Waals surface area contributed by atoms with E-state index in [2.05, 4.69) is 20.0 Å². The number of nitrogens with zero attached hydrogens (tertiary/aromatic N) is 2. The van der Waals surface area contributed by atoms with Gasteiger partial charge in [0.2, 0.25) is 5.89 Å². The number of benzene rings is 1. The molecule has 2 aromatic rings. The number of aliphatic carboxylic acids is 1. The molecule has 1 unspecified atom stereocenters. The zero-order valence-corrected chi connectivity index (χ0v) is 11.1. The number of aromatic hydroxyl groups is 1. The Morgan fingerprint density at radius 3 is 2.52 bits per heavy atom. The highest BCUT2D eigenvalue weighted by molar-refractivity contribution is 5.93. The summed E-state index contributed by atoms with van der Waals surface area (Å²) < 4.78 is 4.66. The number of carbonyl (C=O) groups excluding carboxylic acids is 1. The molecule has 1 atom stereocenters. The number of phenols is 1. The lowest BCUT2D eigenvalue weighted by atomic mass is 10.1. The Morgan fingerprint density at radius 1 is 1.33 bits per heavy atom. The van der Waals surface area contributed by atoms with Crippen LogP contribution in [0.3, 0.4) is 0 Å². The van der Waals surface area contributed by atoms with Gasteiger partial charge in [0.05, 0.1) is 0 Å². The third kappa shape index (κ3) is 3.78. The van der Waals surface area contributed by atoms with Crippen molar-refractivity contribution in [1.82, 2.24) is 15.5 Å². The fourth-order valence-corrected chi connectivity index (χ4v) is 1.68. The second kappa shape index (κ2) is 6.04. The average Bonchev–Trinajstić information content (AvgIpc) is 2.87. The van der Waals surface area contributed by atoms with Crippen molar-refractivity contribution in [2.75, 3.05) is 0 Å². The summed E-state index contributed by atoms with van der Waals surface area (Å²) in [6, 6.07) is 4.91. The van der Waals surface area contributed by atoms with E-state index in [0.717, 1.165) is 0 Å². The van der Waals surface area contributed by atoms with Crippen LogP contribution in [0.2, 0.25) is 0 Å². The summed E-state index contributed by atoms with van der Waals surface area (Å²) in [7, 11) is 0. The lowest BCUT2D eigenvalue weighted by molar-refractivity contribution is -0.139. The van der Waals surface area contributed by atoms with Gasteiger partial charge >= 0.3 is 5.97 Å². The molecule has 0 bridgehead atoms. The number of carboxylic acid groups (broad SMARTS) is 1. The van der Waals surface area contributed by atoms with Crippen molar-refractivity contribution in [3.05, 3.63) is 41.5 Å². The van der Waals surface area contributed by atoms with Gasteiger partial charge in [-0.25, -0.2) is 4.79 Å². The fraction of sp³-hybridized carbons (Fsp3) is 0.231. The molecule has 3 N–H and O–H groups in total. The Hall–Kier alpha value is -2.90. The summed E-state index contributed by atoms with van der Waals surface area (Å²) in [5.41, 5.74) is 0.657. The van der Waals surface area contributed by atoms with E-state index in [4.69, 9.17) is 5.11 Å². The number of nitrogens with one attached hydrogen (secondary N) is 1. The first-order valence-corrected chi connectivity index (χ1v) is 6.07. The van der Waals surface area contributed by atoms with Crippen LogP contribution in [0, 0.1) is 6.92 Å². The predicted octanol–water partition coefficient (Wildman–Crippen LogP) is 0.509. The number of hydrogen-bond donors (Lipinski definition) is 3. The van der Waals surface area contributed by atoms with Crippen LogP contribution in [0.25, 0.3) is 0 Å². The highest BCUT2D eigenvalue weighted by atomic mass is 16.5. The first kappa shape index (κ1) is 14.5. The van der Waals surface area contributed by atoms with Gasteiger partial charge in [-0.3, -0.25) is 4.79 Å². The van der Waals surface area contributed by atoms with E-state index in [1.807, 2.05) is 0 Å². The molecular weight excluding hydrogens is 278 g/mol. The molecule has 0 saturated heterocycles. The van der Waals surface area contributed by atoms with Crippen LogP contribution in [0.4, 0.5) is 0 Å². The smallest absolute Gasteiger partial charge is 0.326 e. The fourth-order valence-electron chi connectivity index (χ4n) is 1.68. The molecular formula is C13H13N3O5. The minimum Gasteiger partial charge on any atom is -0.508 e. The SMILES string of the molecule is Cc1nc(C(=O)NC(Cc2ccc(O)cc2)C(=O)O)no1. The molecule has 0 aliphatic carbocycles. The van der Waals surface area contributed by atoms with Gasteiger partial charge in [0.25, 0.3) is 11.7 Å². The van der Waals surface area contributed by atoms with Crippen molar-refractivity contribution in [2.45, 2.75) is 19.4 Å². The van der Waals surface area contributed by atoms with Crippen molar-refractivity contribution in [3.8, 4) is 5.75 Å². The molecule has 1 aromatic heterocycles. The summed E-state index contributed by atoms with van der Waals surface area (Å²) in [6.07, 6.45) is 0.0676. The van der Waals surface area contributed by atoms with Crippen LogP contribution in [0.15, 0.2) is 28.8 Å². The molecule has 8 heteroatoms. The lowest BCUT2D eigenvalue weighted by Crippen LogP contribution is -2.42. The lowest BCUT2D eigenvalue weighted by Gasteiger charge is -2.13. The van der Waals surface area contributed by atoms with Crippen molar-refractivity contribution >= 4 is 11.9 Å². The van der Waals surface area contributed by atoms with E-state index in [-0.39, 0.29) is 23.9 Å². The zero-order chi connectivity index (χ0) is 15.4. The van der Waals surface area contributed by atoms with E-state index >= 15 is 0 Å². The molecule has 0 fully saturated rings. The van der Waals surface area contributed by atoms with Crippen LogP contribution in [0.1, 0.15) is 22.1 Å². The van der Waals surface area contributed by atoms with Crippen molar-refractivity contribution in [2.24, 2.45) is 0 Å². The highest BCUT2D eigenvalue weighted by Gasteiger charge is 2.23. The number of phenolic OH excluding ortho intramolecular Hbond substituents is 1. The Labute approximate surface area is 119 Å². The maximum absolute atomic E-state index is 11.8. The van der Waals surface area contributed by atoms with Crippen LogP contribution < -0.4 is 5.32 Å². The zero-order valence-electron chi connectivity index (χ0n) is 11.1. The van der Waals surface area contributed by atoms with Gasteiger partial charge in [0.15, 0.2) is 0 Å². The normalized spacial score (nSPS) is 11.9. The molecule has 2 rings (SSSR count). The molecule has 0 spiro atoms.